The van der Waals surface area contributed by atoms with Gasteiger partial charge in [0.2, 0.25) is 0 Å². The molecule has 138 valence electrons. The second-order valence-corrected chi connectivity index (χ2v) is 6.18. The molecule has 1 aliphatic heterocycles. The largest absolute Gasteiger partial charge is 0.497 e. The van der Waals surface area contributed by atoms with Crippen molar-refractivity contribution in [3.8, 4) is 28.4 Å². The van der Waals surface area contributed by atoms with Crippen molar-refractivity contribution in [1.29, 1.82) is 0 Å². The molecule has 0 saturated heterocycles. The maximum Gasteiger partial charge on any atom is 0.335 e. The normalized spacial score (nSPS) is 12.4. The average Bonchev–Trinajstić information content (AvgIpc) is 3.30. The minimum atomic E-state index is -0.952. The standard InChI is InChI=1S/C20H19N3O4/c1-26-14-7-8-17(27-2)16(11-14)18-15-9-10-21-19(15)23(22-18)13-5-3-12(4-6-13)20(24)25/h3-8,11,21H,9-10H2,1-2H3,(H,24,25). The molecule has 0 unspecified atom stereocenters. The van der Waals surface area contributed by atoms with Crippen LogP contribution in [0.4, 0.5) is 5.82 Å². The Kier molecular flexibility index (Phi) is 4.19. The minimum absolute atomic E-state index is 0.241. The van der Waals surface area contributed by atoms with Crippen molar-refractivity contribution in [3.05, 3.63) is 53.6 Å². The van der Waals surface area contributed by atoms with Crippen molar-refractivity contribution in [1.82, 2.24) is 9.78 Å². The van der Waals surface area contributed by atoms with Crippen molar-refractivity contribution in [3.63, 3.8) is 0 Å². The number of hydrogen-bond acceptors (Lipinski definition) is 5. The van der Waals surface area contributed by atoms with E-state index in [1.165, 1.54) is 0 Å². The summed E-state index contributed by atoms with van der Waals surface area (Å²) in [5.74, 6) is 1.41. The van der Waals surface area contributed by atoms with Crippen LogP contribution in [0.1, 0.15) is 15.9 Å². The van der Waals surface area contributed by atoms with Crippen molar-refractivity contribution in [2.24, 2.45) is 0 Å². The minimum Gasteiger partial charge on any atom is -0.497 e. The van der Waals surface area contributed by atoms with Crippen LogP contribution in [0.5, 0.6) is 11.5 Å². The number of nitrogens with one attached hydrogen (secondary N) is 1. The highest BCUT2D eigenvalue weighted by molar-refractivity contribution is 5.87. The Morgan fingerprint density at radius 2 is 1.93 bits per heavy atom. The van der Waals surface area contributed by atoms with Gasteiger partial charge in [0.1, 0.15) is 23.0 Å². The summed E-state index contributed by atoms with van der Waals surface area (Å²) in [5.41, 5.74) is 3.82. The van der Waals surface area contributed by atoms with Crippen LogP contribution >= 0.6 is 0 Å². The van der Waals surface area contributed by atoms with Crippen LogP contribution in [0.25, 0.3) is 16.9 Å². The molecule has 27 heavy (non-hydrogen) atoms. The van der Waals surface area contributed by atoms with Crippen LogP contribution in [0.3, 0.4) is 0 Å². The molecule has 3 aromatic rings. The molecule has 2 N–H and O–H groups in total. The summed E-state index contributed by atoms with van der Waals surface area (Å²) in [6.45, 7) is 0.819. The lowest BCUT2D eigenvalue weighted by Gasteiger charge is -2.10. The number of carboxylic acids is 1. The van der Waals surface area contributed by atoms with Gasteiger partial charge in [-0.2, -0.15) is 5.10 Å². The predicted octanol–water partition coefficient (Wildman–Crippen LogP) is 3.22. The molecular formula is C20H19N3O4. The number of aromatic carboxylic acids is 1. The number of carboxylic acid groups (broad SMARTS) is 1. The van der Waals surface area contributed by atoms with Gasteiger partial charge in [0, 0.05) is 17.7 Å². The van der Waals surface area contributed by atoms with Crippen molar-refractivity contribution in [2.45, 2.75) is 6.42 Å². The van der Waals surface area contributed by atoms with Crippen molar-refractivity contribution in [2.75, 3.05) is 26.1 Å². The second-order valence-electron chi connectivity index (χ2n) is 6.18. The molecule has 0 saturated carbocycles. The summed E-state index contributed by atoms with van der Waals surface area (Å²) in [7, 11) is 3.26. The van der Waals surface area contributed by atoms with Gasteiger partial charge >= 0.3 is 5.97 Å². The summed E-state index contributed by atoms with van der Waals surface area (Å²) in [4.78, 5) is 11.1. The molecule has 0 amide bonds. The van der Waals surface area contributed by atoms with Gasteiger partial charge in [-0.25, -0.2) is 9.48 Å². The summed E-state index contributed by atoms with van der Waals surface area (Å²) in [6, 6.07) is 12.3. The number of fused-ring (bicyclic) bond motifs is 1. The lowest BCUT2D eigenvalue weighted by molar-refractivity contribution is 0.0697. The summed E-state index contributed by atoms with van der Waals surface area (Å²) >= 11 is 0. The number of rotatable bonds is 5. The van der Waals surface area contributed by atoms with Gasteiger partial charge in [0.05, 0.1) is 25.5 Å². The van der Waals surface area contributed by atoms with Crippen LogP contribution < -0.4 is 14.8 Å². The Morgan fingerprint density at radius 3 is 2.59 bits per heavy atom. The highest BCUT2D eigenvalue weighted by Crippen LogP contribution is 2.40. The van der Waals surface area contributed by atoms with E-state index in [9.17, 15) is 4.79 Å². The fourth-order valence-electron chi connectivity index (χ4n) is 3.32. The van der Waals surface area contributed by atoms with E-state index in [4.69, 9.17) is 19.7 Å². The van der Waals surface area contributed by atoms with Crippen LogP contribution in [-0.2, 0) is 6.42 Å². The van der Waals surface area contributed by atoms with Gasteiger partial charge in [-0.3, -0.25) is 0 Å². The lowest BCUT2D eigenvalue weighted by Crippen LogP contribution is -2.05. The van der Waals surface area contributed by atoms with E-state index in [-0.39, 0.29) is 5.56 Å². The maximum absolute atomic E-state index is 11.1. The van der Waals surface area contributed by atoms with Crippen molar-refractivity contribution >= 4 is 11.8 Å². The third kappa shape index (κ3) is 2.87. The smallest absolute Gasteiger partial charge is 0.335 e. The van der Waals surface area contributed by atoms with E-state index >= 15 is 0 Å². The monoisotopic (exact) mass is 365 g/mol. The van der Waals surface area contributed by atoms with Crippen molar-refractivity contribution < 1.29 is 19.4 Å². The quantitative estimate of drug-likeness (QED) is 0.722. The van der Waals surface area contributed by atoms with Crippen LogP contribution in [0.15, 0.2) is 42.5 Å². The molecule has 2 aromatic carbocycles. The van der Waals surface area contributed by atoms with E-state index in [0.717, 1.165) is 52.8 Å². The van der Waals surface area contributed by atoms with Crippen LogP contribution in [0, 0.1) is 0 Å². The highest BCUT2D eigenvalue weighted by Gasteiger charge is 2.26. The summed E-state index contributed by atoms with van der Waals surface area (Å²) < 4.78 is 12.7. The van der Waals surface area contributed by atoms with E-state index in [0.29, 0.717) is 0 Å². The molecule has 7 heteroatoms. The Morgan fingerprint density at radius 1 is 1.15 bits per heavy atom. The Labute approximate surface area is 156 Å². The molecular weight excluding hydrogens is 346 g/mol. The van der Waals surface area contributed by atoms with Crippen LogP contribution in [-0.4, -0.2) is 41.6 Å². The van der Waals surface area contributed by atoms with E-state index < -0.39 is 5.97 Å². The zero-order valence-electron chi connectivity index (χ0n) is 15.0. The number of hydrogen-bond donors (Lipinski definition) is 2. The van der Waals surface area contributed by atoms with Crippen LogP contribution in [0.2, 0.25) is 0 Å². The predicted molar refractivity (Wildman–Crippen MR) is 101 cm³/mol. The molecule has 4 rings (SSSR count). The Bertz CT molecular complexity index is 1010. The second kappa shape index (κ2) is 6.68. The zero-order valence-corrected chi connectivity index (χ0v) is 15.0. The number of aromatic nitrogens is 2. The Balaban J connectivity index is 1.85. The number of carbonyl (C=O) groups is 1. The topological polar surface area (TPSA) is 85.6 Å². The average molecular weight is 365 g/mol. The third-order valence-corrected chi connectivity index (χ3v) is 4.67. The zero-order chi connectivity index (χ0) is 19.0. The van der Waals surface area contributed by atoms with Gasteiger partial charge < -0.3 is 19.9 Å². The maximum atomic E-state index is 11.1. The number of nitrogens with zero attached hydrogens (tertiary/aromatic N) is 2. The fraction of sp³-hybridized carbons (Fsp3) is 0.200. The first-order valence-corrected chi connectivity index (χ1v) is 8.54. The molecule has 0 bridgehead atoms. The molecule has 0 atom stereocenters. The van der Waals surface area contributed by atoms with E-state index in [2.05, 4.69) is 5.32 Å². The molecule has 1 aromatic heterocycles. The number of benzene rings is 2. The molecule has 0 aliphatic carbocycles. The third-order valence-electron chi connectivity index (χ3n) is 4.67. The van der Waals surface area contributed by atoms with E-state index in [1.807, 2.05) is 22.9 Å². The molecule has 0 fully saturated rings. The summed E-state index contributed by atoms with van der Waals surface area (Å²) in [6.07, 6.45) is 0.845. The number of methoxy groups -OCH3 is 2. The first kappa shape index (κ1) is 17.0. The fourth-order valence-corrected chi connectivity index (χ4v) is 3.32. The number of anilines is 1. The molecule has 0 spiro atoms. The number of ether oxygens (including phenoxy) is 2. The van der Waals surface area contributed by atoms with Gasteiger partial charge in [-0.15, -0.1) is 0 Å². The van der Waals surface area contributed by atoms with Gasteiger partial charge in [-0.1, -0.05) is 0 Å². The molecule has 0 radical (unpaired) electrons. The SMILES string of the molecule is COc1ccc(OC)c(-c2nn(-c3ccc(C(=O)O)cc3)c3c2CCN3)c1. The molecule has 2 heterocycles. The summed E-state index contributed by atoms with van der Waals surface area (Å²) in [5, 5.41) is 17.3. The first-order chi connectivity index (χ1) is 13.1. The lowest BCUT2D eigenvalue weighted by atomic mass is 10.1. The van der Waals surface area contributed by atoms with Gasteiger partial charge in [0.15, 0.2) is 0 Å². The van der Waals surface area contributed by atoms with E-state index in [1.54, 1.807) is 38.5 Å². The molecule has 7 nitrogen and oxygen atoms in total. The highest BCUT2D eigenvalue weighted by atomic mass is 16.5. The first-order valence-electron chi connectivity index (χ1n) is 8.54. The van der Waals surface area contributed by atoms with Gasteiger partial charge in [-0.05, 0) is 48.9 Å². The Hall–Kier alpha value is -3.48. The molecule has 1 aliphatic rings. The van der Waals surface area contributed by atoms with Gasteiger partial charge in [0.25, 0.3) is 0 Å².